The molecule has 14 heavy (non-hydrogen) atoms. The van der Waals surface area contributed by atoms with Crippen LogP contribution in [0.25, 0.3) is 0 Å². The van der Waals surface area contributed by atoms with Gasteiger partial charge in [0.25, 0.3) is 5.89 Å². The number of rotatable bonds is 3. The average molecular weight is 197 g/mol. The molecule has 0 radical (unpaired) electrons. The molecule has 1 fully saturated rings. The zero-order chi connectivity index (χ0) is 9.97. The van der Waals surface area contributed by atoms with Crippen molar-refractivity contribution in [1.29, 1.82) is 0 Å². The minimum absolute atomic E-state index is 0.0194. The van der Waals surface area contributed by atoms with Crippen molar-refractivity contribution < 1.29 is 9.26 Å². The van der Waals surface area contributed by atoms with E-state index >= 15 is 0 Å². The molecule has 2 rings (SSSR count). The molecule has 0 aliphatic carbocycles. The second-order valence-electron chi connectivity index (χ2n) is 3.64. The fourth-order valence-corrected chi connectivity index (χ4v) is 1.62. The summed E-state index contributed by atoms with van der Waals surface area (Å²) in [6, 6.07) is 0. The monoisotopic (exact) mass is 197 g/mol. The number of hydrogen-bond donors (Lipinski definition) is 1. The van der Waals surface area contributed by atoms with Crippen LogP contribution in [0.3, 0.4) is 0 Å². The zero-order valence-corrected chi connectivity index (χ0v) is 8.27. The minimum atomic E-state index is -0.0194. The third kappa shape index (κ3) is 1.78. The van der Waals surface area contributed by atoms with E-state index in [-0.39, 0.29) is 6.10 Å². The maximum absolute atomic E-state index is 5.52. The summed E-state index contributed by atoms with van der Waals surface area (Å²) in [5.74, 6) is 1.73. The lowest BCUT2D eigenvalue weighted by atomic mass is 10.0. The van der Waals surface area contributed by atoms with Gasteiger partial charge >= 0.3 is 0 Å². The van der Waals surface area contributed by atoms with Crippen molar-refractivity contribution >= 4 is 0 Å². The van der Waals surface area contributed by atoms with Crippen LogP contribution < -0.4 is 5.73 Å². The SMILES string of the molecule is CC1CCOC1c1nc(CCN)no1. The normalized spacial score (nSPS) is 27.0. The first kappa shape index (κ1) is 9.61. The molecule has 1 aliphatic heterocycles. The van der Waals surface area contributed by atoms with Gasteiger partial charge in [-0.3, -0.25) is 0 Å². The molecule has 5 heteroatoms. The quantitative estimate of drug-likeness (QED) is 0.770. The van der Waals surface area contributed by atoms with Crippen LogP contribution in [0.1, 0.15) is 31.2 Å². The highest BCUT2D eigenvalue weighted by atomic mass is 16.5. The van der Waals surface area contributed by atoms with E-state index in [1.165, 1.54) is 0 Å². The Hall–Kier alpha value is -0.940. The third-order valence-corrected chi connectivity index (χ3v) is 2.48. The van der Waals surface area contributed by atoms with Crippen molar-refractivity contribution in [3.05, 3.63) is 11.7 Å². The zero-order valence-electron chi connectivity index (χ0n) is 8.27. The van der Waals surface area contributed by atoms with Crippen molar-refractivity contribution in [3.63, 3.8) is 0 Å². The number of aromatic nitrogens is 2. The maximum Gasteiger partial charge on any atom is 0.256 e. The van der Waals surface area contributed by atoms with Gasteiger partial charge in [-0.25, -0.2) is 0 Å². The first-order valence-corrected chi connectivity index (χ1v) is 4.95. The molecule has 2 N–H and O–H groups in total. The molecule has 1 aromatic rings. The van der Waals surface area contributed by atoms with Gasteiger partial charge in [0, 0.05) is 13.0 Å². The highest BCUT2D eigenvalue weighted by Crippen LogP contribution is 2.32. The van der Waals surface area contributed by atoms with Gasteiger partial charge in [-0.15, -0.1) is 0 Å². The minimum Gasteiger partial charge on any atom is -0.368 e. The predicted molar refractivity (Wildman–Crippen MR) is 49.5 cm³/mol. The van der Waals surface area contributed by atoms with Gasteiger partial charge in [0.2, 0.25) is 0 Å². The summed E-state index contributed by atoms with van der Waals surface area (Å²) < 4.78 is 10.6. The van der Waals surface area contributed by atoms with Gasteiger partial charge in [-0.1, -0.05) is 12.1 Å². The molecule has 0 aromatic carbocycles. The van der Waals surface area contributed by atoms with Gasteiger partial charge in [-0.2, -0.15) is 4.98 Å². The summed E-state index contributed by atoms with van der Waals surface area (Å²) in [7, 11) is 0. The van der Waals surface area contributed by atoms with Crippen molar-refractivity contribution in [2.45, 2.75) is 25.9 Å². The van der Waals surface area contributed by atoms with E-state index in [9.17, 15) is 0 Å². The van der Waals surface area contributed by atoms with Crippen LogP contribution in [-0.4, -0.2) is 23.3 Å². The number of nitrogens with zero attached hydrogens (tertiary/aromatic N) is 2. The Balaban J connectivity index is 2.08. The third-order valence-electron chi connectivity index (χ3n) is 2.48. The van der Waals surface area contributed by atoms with E-state index in [0.717, 1.165) is 13.0 Å². The molecule has 78 valence electrons. The summed E-state index contributed by atoms with van der Waals surface area (Å²) in [5, 5.41) is 3.84. The van der Waals surface area contributed by atoms with E-state index < -0.39 is 0 Å². The van der Waals surface area contributed by atoms with Crippen LogP contribution in [-0.2, 0) is 11.2 Å². The highest BCUT2D eigenvalue weighted by Gasteiger charge is 2.30. The Morgan fingerprint density at radius 2 is 2.43 bits per heavy atom. The summed E-state index contributed by atoms with van der Waals surface area (Å²) in [4.78, 5) is 4.25. The van der Waals surface area contributed by atoms with Gasteiger partial charge in [0.1, 0.15) is 6.10 Å². The number of nitrogens with two attached hydrogens (primary N) is 1. The van der Waals surface area contributed by atoms with E-state index in [4.69, 9.17) is 15.0 Å². The molecule has 2 heterocycles. The Bertz CT molecular complexity index is 300. The van der Waals surface area contributed by atoms with E-state index in [1.807, 2.05) is 0 Å². The molecule has 1 saturated heterocycles. The van der Waals surface area contributed by atoms with Crippen LogP contribution >= 0.6 is 0 Å². The smallest absolute Gasteiger partial charge is 0.256 e. The second-order valence-corrected chi connectivity index (χ2v) is 3.64. The predicted octanol–water partition coefficient (Wildman–Crippen LogP) is 0.668. The molecule has 2 atom stereocenters. The largest absolute Gasteiger partial charge is 0.368 e. The Morgan fingerprint density at radius 3 is 3.07 bits per heavy atom. The first-order chi connectivity index (χ1) is 6.81. The van der Waals surface area contributed by atoms with E-state index in [1.54, 1.807) is 0 Å². The topological polar surface area (TPSA) is 74.2 Å². The van der Waals surface area contributed by atoms with Crippen molar-refractivity contribution in [2.24, 2.45) is 11.7 Å². The Kier molecular flexibility index (Phi) is 2.79. The second kappa shape index (κ2) is 4.06. The summed E-state index contributed by atoms with van der Waals surface area (Å²) >= 11 is 0. The summed E-state index contributed by atoms with van der Waals surface area (Å²) in [6.07, 6.45) is 1.69. The van der Waals surface area contributed by atoms with Gasteiger partial charge in [0.15, 0.2) is 5.82 Å². The maximum atomic E-state index is 5.52. The molecule has 0 amide bonds. The summed E-state index contributed by atoms with van der Waals surface area (Å²) in [5.41, 5.74) is 5.40. The highest BCUT2D eigenvalue weighted by molar-refractivity contribution is 4.94. The van der Waals surface area contributed by atoms with Crippen molar-refractivity contribution in [3.8, 4) is 0 Å². The van der Waals surface area contributed by atoms with Crippen molar-refractivity contribution in [1.82, 2.24) is 10.1 Å². The molecular formula is C9H15N3O2. The average Bonchev–Trinajstić information content (AvgIpc) is 2.74. The summed E-state index contributed by atoms with van der Waals surface area (Å²) in [6.45, 7) is 3.45. The standard InChI is InChI=1S/C9H15N3O2/c1-6-3-5-13-8(6)9-11-7(2-4-10)12-14-9/h6,8H,2-5,10H2,1H3. The number of ether oxygens (including phenoxy) is 1. The molecule has 5 nitrogen and oxygen atoms in total. The van der Waals surface area contributed by atoms with Crippen LogP contribution in [0, 0.1) is 5.92 Å². The number of hydrogen-bond acceptors (Lipinski definition) is 5. The molecule has 1 aliphatic rings. The molecule has 0 saturated carbocycles. The van der Waals surface area contributed by atoms with Crippen LogP contribution in [0.4, 0.5) is 0 Å². The lowest BCUT2D eigenvalue weighted by Gasteiger charge is -2.07. The molecule has 0 spiro atoms. The molecular weight excluding hydrogens is 182 g/mol. The van der Waals surface area contributed by atoms with Gasteiger partial charge < -0.3 is 15.0 Å². The van der Waals surface area contributed by atoms with Gasteiger partial charge in [-0.05, 0) is 18.9 Å². The van der Waals surface area contributed by atoms with Crippen LogP contribution in [0.2, 0.25) is 0 Å². The first-order valence-electron chi connectivity index (χ1n) is 4.95. The fourth-order valence-electron chi connectivity index (χ4n) is 1.62. The molecule has 0 bridgehead atoms. The van der Waals surface area contributed by atoms with E-state index in [0.29, 0.717) is 30.6 Å². The van der Waals surface area contributed by atoms with Crippen molar-refractivity contribution in [2.75, 3.05) is 13.2 Å². The lowest BCUT2D eigenvalue weighted by Crippen LogP contribution is -2.06. The Labute approximate surface area is 82.6 Å². The van der Waals surface area contributed by atoms with Crippen LogP contribution in [0.5, 0.6) is 0 Å². The Morgan fingerprint density at radius 1 is 1.57 bits per heavy atom. The van der Waals surface area contributed by atoms with Gasteiger partial charge in [0.05, 0.1) is 0 Å². The lowest BCUT2D eigenvalue weighted by molar-refractivity contribution is 0.0661. The van der Waals surface area contributed by atoms with Crippen LogP contribution in [0.15, 0.2) is 4.52 Å². The fraction of sp³-hybridized carbons (Fsp3) is 0.778. The molecule has 2 unspecified atom stereocenters. The van der Waals surface area contributed by atoms with E-state index in [2.05, 4.69) is 17.1 Å². The molecule has 1 aromatic heterocycles.